The molecular formula is C20H22N2O4S2. The minimum atomic E-state index is -0.650. The van der Waals surface area contributed by atoms with Gasteiger partial charge in [0, 0.05) is 15.8 Å². The van der Waals surface area contributed by atoms with E-state index in [0.717, 1.165) is 35.4 Å². The molecule has 1 saturated carbocycles. The van der Waals surface area contributed by atoms with E-state index in [-0.39, 0.29) is 6.04 Å². The van der Waals surface area contributed by atoms with Gasteiger partial charge < -0.3 is 10.1 Å². The van der Waals surface area contributed by atoms with Crippen LogP contribution in [-0.2, 0) is 14.3 Å². The van der Waals surface area contributed by atoms with Crippen molar-refractivity contribution in [2.75, 3.05) is 6.61 Å². The summed E-state index contributed by atoms with van der Waals surface area (Å²) in [5.74, 6) is -1.25. The number of urea groups is 1. The Morgan fingerprint density at radius 3 is 2.50 bits per heavy atom. The Morgan fingerprint density at radius 1 is 1.07 bits per heavy atom. The third-order valence-electron chi connectivity index (χ3n) is 4.36. The van der Waals surface area contributed by atoms with Gasteiger partial charge in [0.1, 0.15) is 0 Å². The van der Waals surface area contributed by atoms with Crippen LogP contribution in [0.2, 0.25) is 0 Å². The molecule has 6 nitrogen and oxygen atoms in total. The van der Waals surface area contributed by atoms with Gasteiger partial charge in [0.25, 0.3) is 5.91 Å². The van der Waals surface area contributed by atoms with Gasteiger partial charge in [-0.2, -0.15) is 0 Å². The highest BCUT2D eigenvalue weighted by molar-refractivity contribution is 7.12. The lowest BCUT2D eigenvalue weighted by Crippen LogP contribution is -2.46. The SMILES string of the molecule is O=C(COC(=O)/C(=C/c1cccs1)c1cccs1)NC(=O)NC1CCCCC1. The van der Waals surface area contributed by atoms with Crippen molar-refractivity contribution in [3.8, 4) is 0 Å². The molecule has 2 aromatic rings. The van der Waals surface area contributed by atoms with E-state index in [1.165, 1.54) is 29.1 Å². The normalized spacial score (nSPS) is 15.1. The topological polar surface area (TPSA) is 84.5 Å². The Labute approximate surface area is 171 Å². The van der Waals surface area contributed by atoms with Crippen LogP contribution >= 0.6 is 22.7 Å². The summed E-state index contributed by atoms with van der Waals surface area (Å²) >= 11 is 2.92. The average molecular weight is 419 g/mol. The van der Waals surface area contributed by atoms with E-state index in [9.17, 15) is 14.4 Å². The molecule has 0 bridgehead atoms. The number of hydrogen-bond donors (Lipinski definition) is 2. The monoisotopic (exact) mass is 418 g/mol. The number of hydrogen-bond acceptors (Lipinski definition) is 6. The number of ether oxygens (including phenoxy) is 1. The number of nitrogens with one attached hydrogen (secondary N) is 2. The van der Waals surface area contributed by atoms with Crippen LogP contribution in [0.25, 0.3) is 11.6 Å². The molecule has 1 aliphatic carbocycles. The van der Waals surface area contributed by atoms with Crippen molar-refractivity contribution in [3.05, 3.63) is 44.8 Å². The average Bonchev–Trinajstić information content (AvgIpc) is 3.38. The Hall–Kier alpha value is -2.45. The third kappa shape index (κ3) is 6.03. The van der Waals surface area contributed by atoms with Gasteiger partial charge in [-0.15, -0.1) is 22.7 Å². The van der Waals surface area contributed by atoms with Gasteiger partial charge in [-0.3, -0.25) is 10.1 Å². The molecule has 28 heavy (non-hydrogen) atoms. The molecule has 0 spiro atoms. The van der Waals surface area contributed by atoms with E-state index in [4.69, 9.17) is 4.74 Å². The molecule has 8 heteroatoms. The second kappa shape index (κ2) is 10.2. The van der Waals surface area contributed by atoms with Gasteiger partial charge >= 0.3 is 12.0 Å². The lowest BCUT2D eigenvalue weighted by atomic mass is 9.96. The Balaban J connectivity index is 1.52. The lowest BCUT2D eigenvalue weighted by molar-refractivity contribution is -0.142. The number of esters is 1. The summed E-state index contributed by atoms with van der Waals surface area (Å²) in [5.41, 5.74) is 0.386. The highest BCUT2D eigenvalue weighted by atomic mass is 32.1. The molecule has 148 valence electrons. The summed E-state index contributed by atoms with van der Waals surface area (Å²) in [5, 5.41) is 8.80. The van der Waals surface area contributed by atoms with E-state index < -0.39 is 24.5 Å². The van der Waals surface area contributed by atoms with E-state index in [1.54, 1.807) is 6.08 Å². The maximum absolute atomic E-state index is 12.5. The van der Waals surface area contributed by atoms with Crippen LogP contribution in [-0.4, -0.2) is 30.6 Å². The quantitative estimate of drug-likeness (QED) is 0.547. The fourth-order valence-corrected chi connectivity index (χ4v) is 4.41. The summed E-state index contributed by atoms with van der Waals surface area (Å²) in [6.45, 7) is -0.510. The molecule has 2 heterocycles. The maximum atomic E-state index is 12.5. The van der Waals surface area contributed by atoms with Crippen molar-refractivity contribution < 1.29 is 19.1 Å². The van der Waals surface area contributed by atoms with Crippen molar-refractivity contribution in [2.24, 2.45) is 0 Å². The number of rotatable bonds is 6. The number of carbonyl (C=O) groups is 3. The maximum Gasteiger partial charge on any atom is 0.340 e. The van der Waals surface area contributed by atoms with Crippen LogP contribution in [0.4, 0.5) is 4.79 Å². The Morgan fingerprint density at radius 2 is 1.82 bits per heavy atom. The van der Waals surface area contributed by atoms with Crippen molar-refractivity contribution in [2.45, 2.75) is 38.1 Å². The van der Waals surface area contributed by atoms with Crippen molar-refractivity contribution >= 4 is 52.2 Å². The molecule has 3 amide bonds. The van der Waals surface area contributed by atoms with Crippen LogP contribution in [0, 0.1) is 0 Å². The zero-order chi connectivity index (χ0) is 19.8. The van der Waals surface area contributed by atoms with Gasteiger partial charge in [-0.1, -0.05) is 31.4 Å². The molecule has 1 fully saturated rings. The zero-order valence-corrected chi connectivity index (χ0v) is 16.9. The first-order chi connectivity index (χ1) is 13.6. The predicted octanol–water partition coefficient (Wildman–Crippen LogP) is 4.05. The summed E-state index contributed by atoms with van der Waals surface area (Å²) in [4.78, 5) is 38.1. The van der Waals surface area contributed by atoms with Crippen molar-refractivity contribution in [3.63, 3.8) is 0 Å². The number of amides is 3. The summed E-state index contributed by atoms with van der Waals surface area (Å²) in [6.07, 6.45) is 6.94. The minimum Gasteiger partial charge on any atom is -0.452 e. The second-order valence-electron chi connectivity index (χ2n) is 6.48. The fourth-order valence-electron chi connectivity index (χ4n) is 3.02. The predicted molar refractivity (Wildman–Crippen MR) is 111 cm³/mol. The van der Waals surface area contributed by atoms with Gasteiger partial charge in [-0.05, 0) is 41.8 Å². The molecule has 0 saturated heterocycles. The van der Waals surface area contributed by atoms with Gasteiger partial charge in [-0.25, -0.2) is 9.59 Å². The van der Waals surface area contributed by atoms with E-state index >= 15 is 0 Å². The minimum absolute atomic E-state index is 0.100. The first-order valence-electron chi connectivity index (χ1n) is 9.18. The lowest BCUT2D eigenvalue weighted by Gasteiger charge is -2.22. The molecule has 2 N–H and O–H groups in total. The van der Waals surface area contributed by atoms with Crippen LogP contribution in [0.5, 0.6) is 0 Å². The number of carbonyl (C=O) groups excluding carboxylic acids is 3. The molecule has 1 aliphatic rings. The van der Waals surface area contributed by atoms with E-state index in [0.29, 0.717) is 5.57 Å². The standard InChI is InChI=1S/C20H22N2O4S2/c23-18(22-20(25)21-14-6-2-1-3-7-14)13-26-19(24)16(17-9-5-11-28-17)12-15-8-4-10-27-15/h4-5,8-12,14H,1-3,6-7,13H2,(H2,21,22,23,25)/b16-12+. The van der Waals surface area contributed by atoms with Gasteiger partial charge in [0.15, 0.2) is 6.61 Å². The largest absolute Gasteiger partial charge is 0.452 e. The molecule has 0 radical (unpaired) electrons. The highest BCUT2D eigenvalue weighted by Crippen LogP contribution is 2.25. The zero-order valence-electron chi connectivity index (χ0n) is 15.3. The van der Waals surface area contributed by atoms with E-state index in [1.807, 2.05) is 35.0 Å². The highest BCUT2D eigenvalue weighted by Gasteiger charge is 2.19. The number of imide groups is 1. The Kier molecular flexibility index (Phi) is 7.39. The molecule has 0 atom stereocenters. The fraction of sp³-hybridized carbons (Fsp3) is 0.350. The van der Waals surface area contributed by atoms with Crippen LogP contribution < -0.4 is 10.6 Å². The molecule has 2 aromatic heterocycles. The van der Waals surface area contributed by atoms with Crippen molar-refractivity contribution in [1.82, 2.24) is 10.6 Å². The first kappa shape index (κ1) is 20.3. The summed E-state index contributed by atoms with van der Waals surface area (Å²) < 4.78 is 5.14. The van der Waals surface area contributed by atoms with Crippen LogP contribution in [0.3, 0.4) is 0 Å². The first-order valence-corrected chi connectivity index (χ1v) is 10.9. The molecule has 0 aromatic carbocycles. The van der Waals surface area contributed by atoms with Crippen molar-refractivity contribution in [1.29, 1.82) is 0 Å². The van der Waals surface area contributed by atoms with Crippen LogP contribution in [0.1, 0.15) is 41.9 Å². The third-order valence-corrected chi connectivity index (χ3v) is 6.09. The summed E-state index contributed by atoms with van der Waals surface area (Å²) in [6, 6.07) is 7.02. The Bertz CT molecular complexity index is 823. The van der Waals surface area contributed by atoms with Gasteiger partial charge in [0.2, 0.25) is 0 Å². The van der Waals surface area contributed by atoms with Gasteiger partial charge in [0.05, 0.1) is 5.57 Å². The summed E-state index contributed by atoms with van der Waals surface area (Å²) in [7, 11) is 0. The molecule has 0 unspecified atom stereocenters. The smallest absolute Gasteiger partial charge is 0.340 e. The molecule has 3 rings (SSSR count). The molecular weight excluding hydrogens is 396 g/mol. The van der Waals surface area contributed by atoms with E-state index in [2.05, 4.69) is 10.6 Å². The van der Waals surface area contributed by atoms with Crippen LogP contribution in [0.15, 0.2) is 35.0 Å². The number of thiophene rings is 2. The second-order valence-corrected chi connectivity index (χ2v) is 8.41. The molecule has 0 aliphatic heterocycles.